The summed E-state index contributed by atoms with van der Waals surface area (Å²) < 4.78 is 4.73. The first-order valence-electron chi connectivity index (χ1n) is 14.3. The highest BCUT2D eigenvalue weighted by Gasteiger charge is 2.19. The van der Waals surface area contributed by atoms with Gasteiger partial charge in [-0.05, 0) is 59.3 Å². The second kappa shape index (κ2) is 8.92. The van der Waals surface area contributed by atoms with Gasteiger partial charge in [0.15, 0.2) is 0 Å². The van der Waals surface area contributed by atoms with E-state index in [0.717, 1.165) is 33.8 Å². The van der Waals surface area contributed by atoms with E-state index in [4.69, 9.17) is 4.98 Å². The summed E-state index contributed by atoms with van der Waals surface area (Å²) in [5, 5.41) is 7.44. The third-order valence-corrected chi connectivity index (χ3v) is 8.49. The number of pyridine rings is 1. The van der Waals surface area contributed by atoms with E-state index in [-0.39, 0.29) is 0 Å². The first-order valence-corrected chi connectivity index (χ1v) is 14.3. The molecule has 0 amide bonds. The molecule has 0 fully saturated rings. The number of para-hydroxylation sites is 2. The highest BCUT2D eigenvalue weighted by atomic mass is 15.1. The zero-order valence-electron chi connectivity index (χ0n) is 22.8. The van der Waals surface area contributed by atoms with Crippen LogP contribution in [0.25, 0.3) is 77.1 Å². The molecule has 0 N–H and O–H groups in total. The maximum absolute atomic E-state index is 5.18. The maximum Gasteiger partial charge on any atom is 0.138 e. The molecule has 3 heterocycles. The van der Waals surface area contributed by atoms with Gasteiger partial charge in [-0.2, -0.15) is 0 Å². The van der Waals surface area contributed by atoms with Crippen LogP contribution < -0.4 is 0 Å². The number of fused-ring (bicyclic) bond motifs is 7. The summed E-state index contributed by atoms with van der Waals surface area (Å²) in [4.78, 5) is 5.18. The van der Waals surface area contributed by atoms with Crippen molar-refractivity contribution >= 4 is 54.4 Å². The minimum atomic E-state index is 0.912. The SMILES string of the molecule is c1ccc(-c2cccc(-n3c4ccccc4c4cc5c6ccccc6n(-c6ccc7ccccc7c6)c5cc43)n2)cc1. The van der Waals surface area contributed by atoms with Gasteiger partial charge < -0.3 is 4.57 Å². The van der Waals surface area contributed by atoms with Gasteiger partial charge in [0.1, 0.15) is 5.82 Å². The van der Waals surface area contributed by atoms with Crippen LogP contribution in [0.4, 0.5) is 0 Å². The van der Waals surface area contributed by atoms with Crippen molar-refractivity contribution in [3.8, 4) is 22.8 Å². The van der Waals surface area contributed by atoms with Crippen LogP contribution in [-0.2, 0) is 0 Å². The molecule has 0 saturated carbocycles. The third-order valence-electron chi connectivity index (χ3n) is 8.49. The molecule has 0 spiro atoms. The summed E-state index contributed by atoms with van der Waals surface area (Å²) in [5.74, 6) is 0.912. The van der Waals surface area contributed by atoms with Gasteiger partial charge in [-0.3, -0.25) is 4.57 Å². The average Bonchev–Trinajstić information content (AvgIpc) is 3.56. The van der Waals surface area contributed by atoms with Crippen LogP contribution in [-0.4, -0.2) is 14.1 Å². The van der Waals surface area contributed by atoms with Crippen LogP contribution in [0.5, 0.6) is 0 Å². The van der Waals surface area contributed by atoms with Crippen molar-refractivity contribution in [1.29, 1.82) is 0 Å². The van der Waals surface area contributed by atoms with Crippen LogP contribution in [0.15, 0.2) is 152 Å². The van der Waals surface area contributed by atoms with Gasteiger partial charge in [0.25, 0.3) is 0 Å². The van der Waals surface area contributed by atoms with E-state index in [1.165, 1.54) is 43.4 Å². The van der Waals surface area contributed by atoms with Crippen molar-refractivity contribution < 1.29 is 0 Å². The standard InChI is InChI=1S/C39H25N3/c1-2-12-27(13-3-1)34-17-10-20-39(40-34)42-36-19-9-7-16-31(36)33-24-32-30-15-6-8-18-35(30)41(37(32)25-38(33)42)29-22-21-26-11-4-5-14-28(26)23-29/h1-25H. The first-order chi connectivity index (χ1) is 20.8. The fourth-order valence-electron chi connectivity index (χ4n) is 6.59. The summed E-state index contributed by atoms with van der Waals surface area (Å²) in [6.45, 7) is 0. The lowest BCUT2D eigenvalue weighted by molar-refractivity contribution is 1.08. The maximum atomic E-state index is 5.18. The second-order valence-electron chi connectivity index (χ2n) is 10.9. The van der Waals surface area contributed by atoms with Crippen LogP contribution in [0.1, 0.15) is 0 Å². The minimum absolute atomic E-state index is 0.912. The molecule has 0 radical (unpaired) electrons. The number of hydrogen-bond acceptors (Lipinski definition) is 1. The van der Waals surface area contributed by atoms with Crippen molar-refractivity contribution in [2.75, 3.05) is 0 Å². The van der Waals surface area contributed by atoms with Gasteiger partial charge in [-0.15, -0.1) is 0 Å². The second-order valence-corrected chi connectivity index (χ2v) is 10.9. The Morgan fingerprint density at radius 3 is 1.81 bits per heavy atom. The first kappa shape index (κ1) is 23.1. The van der Waals surface area contributed by atoms with Crippen molar-refractivity contribution in [3.05, 3.63) is 152 Å². The summed E-state index contributed by atoms with van der Waals surface area (Å²) in [6, 6.07) is 54.2. The molecule has 0 unspecified atom stereocenters. The van der Waals surface area contributed by atoms with Crippen LogP contribution >= 0.6 is 0 Å². The molecule has 0 aliphatic heterocycles. The summed E-state index contributed by atoms with van der Waals surface area (Å²) in [5.41, 5.74) is 7.92. The number of benzene rings is 6. The Balaban J connectivity index is 1.39. The Morgan fingerprint density at radius 1 is 0.381 bits per heavy atom. The van der Waals surface area contributed by atoms with Gasteiger partial charge >= 0.3 is 0 Å². The molecule has 3 heteroatoms. The van der Waals surface area contributed by atoms with E-state index in [9.17, 15) is 0 Å². The molecule has 0 saturated heterocycles. The van der Waals surface area contributed by atoms with E-state index < -0.39 is 0 Å². The largest absolute Gasteiger partial charge is 0.309 e. The van der Waals surface area contributed by atoms with Gasteiger partial charge in [-0.25, -0.2) is 4.98 Å². The number of rotatable bonds is 3. The lowest BCUT2D eigenvalue weighted by atomic mass is 10.1. The van der Waals surface area contributed by atoms with Crippen LogP contribution in [0.3, 0.4) is 0 Å². The van der Waals surface area contributed by atoms with Gasteiger partial charge in [0.2, 0.25) is 0 Å². The van der Waals surface area contributed by atoms with E-state index in [0.29, 0.717) is 0 Å². The molecule has 42 heavy (non-hydrogen) atoms. The Hall–Kier alpha value is -5.67. The topological polar surface area (TPSA) is 22.8 Å². The summed E-state index contributed by atoms with van der Waals surface area (Å²) in [7, 11) is 0. The molecule has 9 rings (SSSR count). The smallest absolute Gasteiger partial charge is 0.138 e. The Labute approximate surface area is 242 Å². The van der Waals surface area contributed by atoms with E-state index in [1.807, 2.05) is 6.07 Å². The van der Waals surface area contributed by atoms with Crippen molar-refractivity contribution in [3.63, 3.8) is 0 Å². The van der Waals surface area contributed by atoms with E-state index in [2.05, 4.69) is 155 Å². The van der Waals surface area contributed by atoms with Crippen molar-refractivity contribution in [2.45, 2.75) is 0 Å². The molecular formula is C39H25N3. The molecule has 3 aromatic heterocycles. The molecule has 196 valence electrons. The predicted octanol–water partition coefficient (Wildman–Crippen LogP) is 10.1. The highest BCUT2D eigenvalue weighted by molar-refractivity contribution is 6.19. The highest BCUT2D eigenvalue weighted by Crippen LogP contribution is 2.39. The lowest BCUT2D eigenvalue weighted by Gasteiger charge is -2.11. The molecule has 3 nitrogen and oxygen atoms in total. The van der Waals surface area contributed by atoms with Crippen LogP contribution in [0, 0.1) is 0 Å². The van der Waals surface area contributed by atoms with Crippen molar-refractivity contribution in [1.82, 2.24) is 14.1 Å². The van der Waals surface area contributed by atoms with E-state index in [1.54, 1.807) is 0 Å². The Bertz CT molecular complexity index is 2460. The molecule has 0 bridgehead atoms. The zero-order valence-corrected chi connectivity index (χ0v) is 22.8. The monoisotopic (exact) mass is 535 g/mol. The minimum Gasteiger partial charge on any atom is -0.309 e. The fourth-order valence-corrected chi connectivity index (χ4v) is 6.59. The van der Waals surface area contributed by atoms with Gasteiger partial charge in [0.05, 0.1) is 27.8 Å². The molecule has 6 aromatic carbocycles. The lowest BCUT2D eigenvalue weighted by Crippen LogP contribution is -1.99. The fraction of sp³-hybridized carbons (Fsp3) is 0. The van der Waals surface area contributed by atoms with Gasteiger partial charge in [0, 0.05) is 32.8 Å². The number of nitrogens with zero attached hydrogens (tertiary/aromatic N) is 3. The van der Waals surface area contributed by atoms with Crippen molar-refractivity contribution in [2.24, 2.45) is 0 Å². The molecule has 0 atom stereocenters. The number of aromatic nitrogens is 3. The third kappa shape index (κ3) is 3.37. The summed E-state index contributed by atoms with van der Waals surface area (Å²) in [6.07, 6.45) is 0. The van der Waals surface area contributed by atoms with E-state index >= 15 is 0 Å². The Kier molecular flexibility index (Phi) is 4.90. The molecule has 0 aliphatic rings. The number of hydrogen-bond donors (Lipinski definition) is 0. The normalized spacial score (nSPS) is 11.8. The Morgan fingerprint density at radius 2 is 1.02 bits per heavy atom. The van der Waals surface area contributed by atoms with Crippen LogP contribution in [0.2, 0.25) is 0 Å². The quantitative estimate of drug-likeness (QED) is 0.221. The average molecular weight is 536 g/mol. The molecule has 0 aliphatic carbocycles. The van der Waals surface area contributed by atoms with Gasteiger partial charge in [-0.1, -0.05) is 103 Å². The zero-order chi connectivity index (χ0) is 27.6. The summed E-state index contributed by atoms with van der Waals surface area (Å²) >= 11 is 0. The predicted molar refractivity (Wildman–Crippen MR) is 176 cm³/mol. The molecule has 9 aromatic rings. The molecular weight excluding hydrogens is 510 g/mol.